The summed E-state index contributed by atoms with van der Waals surface area (Å²) in [5.74, 6) is 0.684. The van der Waals surface area contributed by atoms with Crippen molar-refractivity contribution in [3.8, 4) is 17.2 Å². The quantitative estimate of drug-likeness (QED) is 0.762. The molecule has 0 bridgehead atoms. The molecule has 0 aromatic heterocycles. The van der Waals surface area contributed by atoms with Crippen LogP contribution < -0.4 is 20.1 Å². The zero-order valence-electron chi connectivity index (χ0n) is 15.3. The Morgan fingerprint density at radius 2 is 1.70 bits per heavy atom. The van der Waals surface area contributed by atoms with Gasteiger partial charge < -0.3 is 25.2 Å². The molecule has 27 heavy (non-hydrogen) atoms. The number of ether oxygens (including phenoxy) is 2. The first kappa shape index (κ1) is 17.3. The summed E-state index contributed by atoms with van der Waals surface area (Å²) >= 11 is 0. The third kappa shape index (κ3) is 2.97. The lowest BCUT2D eigenvalue weighted by atomic mass is 9.86. The van der Waals surface area contributed by atoms with Crippen molar-refractivity contribution < 1.29 is 19.4 Å². The maximum atomic E-state index is 12.8. The monoisotopic (exact) mass is 366 g/mol. The van der Waals surface area contributed by atoms with Crippen molar-refractivity contribution in [2.45, 2.75) is 25.3 Å². The van der Waals surface area contributed by atoms with Crippen LogP contribution in [0.1, 0.15) is 30.9 Å². The molecule has 0 saturated heterocycles. The number of benzene rings is 2. The van der Waals surface area contributed by atoms with Crippen molar-refractivity contribution in [1.82, 2.24) is 0 Å². The number of phenols is 1. The van der Waals surface area contributed by atoms with Crippen LogP contribution in [-0.2, 0) is 4.79 Å². The number of allylic oxidation sites excluding steroid dienone is 1. The van der Waals surface area contributed by atoms with Gasteiger partial charge in [-0.25, -0.2) is 0 Å². The summed E-state index contributed by atoms with van der Waals surface area (Å²) in [6, 6.07) is 11.0. The molecule has 1 aliphatic heterocycles. The first-order chi connectivity index (χ1) is 13.1. The number of methoxy groups -OCH3 is 2. The third-order valence-electron chi connectivity index (χ3n) is 5.09. The summed E-state index contributed by atoms with van der Waals surface area (Å²) < 4.78 is 10.6. The maximum absolute atomic E-state index is 12.8. The number of Topliss-reactive ketones (excluding diaryl/α,β-unsaturated/α-hetero) is 1. The van der Waals surface area contributed by atoms with Gasteiger partial charge in [-0.15, -0.1) is 0 Å². The molecule has 6 nitrogen and oxygen atoms in total. The lowest BCUT2D eigenvalue weighted by molar-refractivity contribution is -0.116. The number of hydrogen-bond acceptors (Lipinski definition) is 6. The Kier molecular flexibility index (Phi) is 4.39. The minimum atomic E-state index is -0.368. The van der Waals surface area contributed by atoms with Crippen molar-refractivity contribution in [1.29, 1.82) is 0 Å². The van der Waals surface area contributed by atoms with E-state index in [0.29, 0.717) is 17.9 Å². The van der Waals surface area contributed by atoms with E-state index in [1.165, 1.54) is 14.2 Å². The van der Waals surface area contributed by atoms with Gasteiger partial charge in [-0.1, -0.05) is 12.1 Å². The topological polar surface area (TPSA) is 79.8 Å². The average molecular weight is 366 g/mol. The fraction of sp³-hybridized carbons (Fsp3) is 0.286. The molecule has 2 aliphatic rings. The van der Waals surface area contributed by atoms with E-state index in [0.717, 1.165) is 41.1 Å². The number of rotatable bonds is 3. The van der Waals surface area contributed by atoms with Crippen LogP contribution in [0, 0.1) is 0 Å². The van der Waals surface area contributed by atoms with Gasteiger partial charge >= 0.3 is 0 Å². The van der Waals surface area contributed by atoms with Gasteiger partial charge in [0, 0.05) is 17.7 Å². The Balaban J connectivity index is 1.90. The fourth-order valence-electron chi connectivity index (χ4n) is 3.77. The molecule has 0 spiro atoms. The molecule has 3 N–H and O–H groups in total. The number of carbonyl (C=O) groups is 1. The zero-order valence-corrected chi connectivity index (χ0v) is 15.3. The smallest absolute Gasteiger partial charge is 0.200 e. The van der Waals surface area contributed by atoms with E-state index in [1.807, 2.05) is 24.3 Å². The number of fused-ring (bicyclic) bond motifs is 1. The summed E-state index contributed by atoms with van der Waals surface area (Å²) in [5.41, 5.74) is 4.32. The third-order valence-corrected chi connectivity index (χ3v) is 5.09. The van der Waals surface area contributed by atoms with E-state index >= 15 is 0 Å². The molecule has 4 rings (SSSR count). The summed E-state index contributed by atoms with van der Waals surface area (Å²) in [5, 5.41) is 17.2. The number of para-hydroxylation sites is 2. The van der Waals surface area contributed by atoms with Crippen LogP contribution in [0.25, 0.3) is 0 Å². The molecule has 1 atom stereocenters. The molecule has 0 fully saturated rings. The zero-order chi connectivity index (χ0) is 19.0. The number of aromatic hydroxyl groups is 1. The van der Waals surface area contributed by atoms with Crippen molar-refractivity contribution in [2.24, 2.45) is 0 Å². The number of phenolic OH excluding ortho intramolecular Hbond substituents is 1. The minimum absolute atomic E-state index is 0.0555. The SMILES string of the molecule is COc1cc([C@H]2Nc3ccccc3NC3=C2C(=O)CCC3)cc(OC)c1O. The Morgan fingerprint density at radius 3 is 2.37 bits per heavy atom. The normalized spacial score (nSPS) is 18.6. The number of carbonyl (C=O) groups excluding carboxylic acids is 1. The molecule has 0 unspecified atom stereocenters. The van der Waals surface area contributed by atoms with Crippen molar-refractivity contribution >= 4 is 17.2 Å². The number of nitrogens with one attached hydrogen (secondary N) is 2. The van der Waals surface area contributed by atoms with E-state index < -0.39 is 0 Å². The molecule has 0 amide bonds. The molecule has 140 valence electrons. The molecule has 6 heteroatoms. The van der Waals surface area contributed by atoms with Gasteiger partial charge in [0.25, 0.3) is 0 Å². The minimum Gasteiger partial charge on any atom is -0.502 e. The van der Waals surface area contributed by atoms with Gasteiger partial charge in [0.15, 0.2) is 17.3 Å². The number of ketones is 1. The van der Waals surface area contributed by atoms with E-state index in [-0.39, 0.29) is 17.6 Å². The highest BCUT2D eigenvalue weighted by atomic mass is 16.5. The molecule has 0 radical (unpaired) electrons. The van der Waals surface area contributed by atoms with Gasteiger partial charge in [0.05, 0.1) is 31.6 Å². The standard InChI is InChI=1S/C21H22N2O4/c1-26-17-10-12(11-18(27-2)21(17)25)20-19-15(8-5-9-16(19)24)22-13-6-3-4-7-14(13)23-20/h3-4,6-7,10-11,20,22-23,25H,5,8-9H2,1-2H3/t20-/m1/s1. The second-order valence-electron chi connectivity index (χ2n) is 6.69. The van der Waals surface area contributed by atoms with Crippen LogP contribution in [0.3, 0.4) is 0 Å². The van der Waals surface area contributed by atoms with Crippen LogP contribution in [0.15, 0.2) is 47.7 Å². The van der Waals surface area contributed by atoms with Crippen molar-refractivity contribution in [3.63, 3.8) is 0 Å². The molecular weight excluding hydrogens is 344 g/mol. The molecule has 0 saturated carbocycles. The van der Waals surface area contributed by atoms with Crippen LogP contribution in [0.5, 0.6) is 17.2 Å². The number of hydrogen-bond donors (Lipinski definition) is 3. The second kappa shape index (κ2) is 6.87. The average Bonchev–Trinajstić information content (AvgIpc) is 2.85. The molecule has 1 aliphatic carbocycles. The number of anilines is 2. The van der Waals surface area contributed by atoms with E-state index in [2.05, 4.69) is 10.6 Å². The molecule has 2 aromatic rings. The van der Waals surface area contributed by atoms with Gasteiger partial charge in [0.2, 0.25) is 5.75 Å². The largest absolute Gasteiger partial charge is 0.502 e. The first-order valence-electron chi connectivity index (χ1n) is 8.96. The van der Waals surface area contributed by atoms with Crippen molar-refractivity contribution in [2.75, 3.05) is 24.9 Å². The predicted octanol–water partition coefficient (Wildman–Crippen LogP) is 4.00. The van der Waals surface area contributed by atoms with Crippen LogP contribution >= 0.6 is 0 Å². The van der Waals surface area contributed by atoms with Gasteiger partial charge in [-0.2, -0.15) is 0 Å². The first-order valence-corrected chi connectivity index (χ1v) is 8.96. The second-order valence-corrected chi connectivity index (χ2v) is 6.69. The molecular formula is C21H22N2O4. The highest BCUT2D eigenvalue weighted by Gasteiger charge is 2.33. The molecule has 1 heterocycles. The maximum Gasteiger partial charge on any atom is 0.200 e. The lowest BCUT2D eigenvalue weighted by Gasteiger charge is -2.26. The summed E-state index contributed by atoms with van der Waals surface area (Å²) in [4.78, 5) is 12.8. The van der Waals surface area contributed by atoms with Gasteiger partial charge in [-0.3, -0.25) is 4.79 Å². The lowest BCUT2D eigenvalue weighted by Crippen LogP contribution is -2.23. The highest BCUT2D eigenvalue weighted by molar-refractivity contribution is 6.00. The predicted molar refractivity (Wildman–Crippen MR) is 104 cm³/mol. The van der Waals surface area contributed by atoms with Crippen LogP contribution in [0.4, 0.5) is 11.4 Å². The fourth-order valence-corrected chi connectivity index (χ4v) is 3.77. The highest BCUT2D eigenvalue weighted by Crippen LogP contribution is 2.44. The molecule has 2 aromatic carbocycles. The summed E-state index contributed by atoms with van der Waals surface area (Å²) in [6.45, 7) is 0. The van der Waals surface area contributed by atoms with Gasteiger partial charge in [0.1, 0.15) is 0 Å². The Hall–Kier alpha value is -3.15. The van der Waals surface area contributed by atoms with E-state index in [1.54, 1.807) is 12.1 Å². The van der Waals surface area contributed by atoms with Crippen molar-refractivity contribution in [3.05, 3.63) is 53.2 Å². The Bertz CT molecular complexity index is 911. The Morgan fingerprint density at radius 1 is 1.04 bits per heavy atom. The van der Waals surface area contributed by atoms with E-state index in [9.17, 15) is 9.90 Å². The van der Waals surface area contributed by atoms with E-state index in [4.69, 9.17) is 9.47 Å². The summed E-state index contributed by atoms with van der Waals surface area (Å²) in [6.07, 6.45) is 2.18. The van der Waals surface area contributed by atoms with Crippen LogP contribution in [0.2, 0.25) is 0 Å². The summed E-state index contributed by atoms with van der Waals surface area (Å²) in [7, 11) is 2.98. The Labute approximate surface area is 157 Å². The van der Waals surface area contributed by atoms with Gasteiger partial charge in [-0.05, 0) is 42.7 Å². The van der Waals surface area contributed by atoms with Crippen LogP contribution in [-0.4, -0.2) is 25.1 Å².